The molecule has 0 aliphatic carbocycles. The summed E-state index contributed by atoms with van der Waals surface area (Å²) in [6.07, 6.45) is 0. The van der Waals surface area contributed by atoms with Gasteiger partial charge in [0.1, 0.15) is 0 Å². The van der Waals surface area contributed by atoms with E-state index in [1.165, 1.54) is 0 Å². The topological polar surface area (TPSA) is 49.4 Å². The Morgan fingerprint density at radius 3 is 2.59 bits per heavy atom. The van der Waals surface area contributed by atoms with Crippen LogP contribution in [0.5, 0.6) is 0 Å². The van der Waals surface area contributed by atoms with Crippen LogP contribution in [-0.2, 0) is 10.0 Å². The summed E-state index contributed by atoms with van der Waals surface area (Å²) in [6, 6.07) is 7.24. The minimum absolute atomic E-state index is 0.00486. The van der Waals surface area contributed by atoms with Gasteiger partial charge in [-0.25, -0.2) is 13.1 Å². The average Bonchev–Trinajstić information content (AvgIpc) is 2.91. The van der Waals surface area contributed by atoms with Crippen LogP contribution in [0, 0.1) is 6.92 Å². The SMILES string of the molecule is Cc1ccc(S(=O)(=O)NC[C@H](c2ccsc2)N(C)C)c(Br)c1. The van der Waals surface area contributed by atoms with E-state index < -0.39 is 10.0 Å². The van der Waals surface area contributed by atoms with E-state index in [2.05, 4.69) is 20.7 Å². The van der Waals surface area contributed by atoms with Gasteiger partial charge in [0, 0.05) is 17.1 Å². The molecule has 0 aliphatic rings. The van der Waals surface area contributed by atoms with Crippen molar-refractivity contribution in [3.05, 3.63) is 50.6 Å². The van der Waals surface area contributed by atoms with Crippen LogP contribution in [0.4, 0.5) is 0 Å². The molecule has 1 aromatic heterocycles. The van der Waals surface area contributed by atoms with Crippen LogP contribution in [0.2, 0.25) is 0 Å². The molecule has 0 unspecified atom stereocenters. The number of halogens is 1. The summed E-state index contributed by atoms with van der Waals surface area (Å²) in [5.41, 5.74) is 2.12. The van der Waals surface area contributed by atoms with E-state index in [4.69, 9.17) is 0 Å². The smallest absolute Gasteiger partial charge is 0.241 e. The summed E-state index contributed by atoms with van der Waals surface area (Å²) >= 11 is 4.94. The number of hydrogen-bond donors (Lipinski definition) is 1. The lowest BCUT2D eigenvalue weighted by molar-refractivity contribution is 0.300. The first kappa shape index (κ1) is 17.6. The third-order valence-electron chi connectivity index (χ3n) is 3.39. The van der Waals surface area contributed by atoms with Gasteiger partial charge in [-0.1, -0.05) is 6.07 Å². The molecule has 4 nitrogen and oxygen atoms in total. The lowest BCUT2D eigenvalue weighted by Crippen LogP contribution is -2.34. The van der Waals surface area contributed by atoms with Crippen molar-refractivity contribution in [2.45, 2.75) is 17.9 Å². The molecule has 0 aliphatic heterocycles. The maximum Gasteiger partial charge on any atom is 0.241 e. The van der Waals surface area contributed by atoms with Crippen LogP contribution >= 0.6 is 27.3 Å². The Morgan fingerprint density at radius 2 is 2.05 bits per heavy atom. The summed E-state index contributed by atoms with van der Waals surface area (Å²) in [5, 5.41) is 4.04. The largest absolute Gasteiger partial charge is 0.301 e. The van der Waals surface area contributed by atoms with Gasteiger partial charge in [0.25, 0.3) is 0 Å². The maximum atomic E-state index is 12.5. The van der Waals surface area contributed by atoms with Gasteiger partial charge in [0.2, 0.25) is 10.0 Å². The van der Waals surface area contributed by atoms with Crippen molar-refractivity contribution in [2.75, 3.05) is 20.6 Å². The fraction of sp³-hybridized carbons (Fsp3) is 0.333. The van der Waals surface area contributed by atoms with Crippen LogP contribution in [0.1, 0.15) is 17.2 Å². The van der Waals surface area contributed by atoms with E-state index in [0.717, 1.165) is 11.1 Å². The fourth-order valence-electron chi connectivity index (χ4n) is 2.15. The molecule has 120 valence electrons. The van der Waals surface area contributed by atoms with E-state index in [1.807, 2.05) is 42.7 Å². The number of sulfonamides is 1. The molecule has 1 aromatic carbocycles. The number of rotatable bonds is 6. The monoisotopic (exact) mass is 402 g/mol. The molecular weight excluding hydrogens is 384 g/mol. The second-order valence-electron chi connectivity index (χ2n) is 5.32. The van der Waals surface area contributed by atoms with Gasteiger partial charge in [-0.05, 0) is 77.0 Å². The standard InChI is InChI=1S/C15H19BrN2O2S2/c1-11-4-5-15(13(16)8-11)22(19,20)17-9-14(18(2)3)12-6-7-21-10-12/h4-8,10,14,17H,9H2,1-3H3/t14-/m1/s1. The highest BCUT2D eigenvalue weighted by atomic mass is 79.9. The summed E-state index contributed by atoms with van der Waals surface area (Å²) in [4.78, 5) is 2.27. The normalized spacial score (nSPS) is 13.5. The highest BCUT2D eigenvalue weighted by Gasteiger charge is 2.21. The highest BCUT2D eigenvalue weighted by Crippen LogP contribution is 2.24. The van der Waals surface area contributed by atoms with Crippen molar-refractivity contribution >= 4 is 37.3 Å². The summed E-state index contributed by atoms with van der Waals surface area (Å²) in [7, 11) is 0.338. The Kier molecular flexibility index (Phi) is 5.79. The molecule has 1 heterocycles. The number of thiophene rings is 1. The number of nitrogens with zero attached hydrogens (tertiary/aromatic N) is 1. The Hall–Kier alpha value is -0.730. The third kappa shape index (κ3) is 4.17. The van der Waals surface area contributed by atoms with Crippen LogP contribution in [0.15, 0.2) is 44.4 Å². The van der Waals surface area contributed by atoms with E-state index in [9.17, 15) is 8.42 Å². The first-order valence-electron chi connectivity index (χ1n) is 6.75. The van der Waals surface area contributed by atoms with Crippen molar-refractivity contribution in [3.8, 4) is 0 Å². The molecule has 1 atom stereocenters. The number of nitrogens with one attached hydrogen (secondary N) is 1. The zero-order valence-corrected chi connectivity index (χ0v) is 15.9. The van der Waals surface area contributed by atoms with Crippen molar-refractivity contribution in [1.82, 2.24) is 9.62 Å². The Labute approximate surface area is 144 Å². The lowest BCUT2D eigenvalue weighted by Gasteiger charge is -2.24. The molecule has 2 rings (SSSR count). The first-order valence-corrected chi connectivity index (χ1v) is 9.97. The second-order valence-corrected chi connectivity index (χ2v) is 8.69. The first-order chi connectivity index (χ1) is 10.3. The van der Waals surface area contributed by atoms with Gasteiger partial charge in [0.15, 0.2) is 0 Å². The van der Waals surface area contributed by atoms with Crippen molar-refractivity contribution in [1.29, 1.82) is 0 Å². The minimum atomic E-state index is -3.55. The molecule has 7 heteroatoms. The molecule has 1 N–H and O–H groups in total. The van der Waals surface area contributed by atoms with Gasteiger partial charge in [-0.3, -0.25) is 0 Å². The van der Waals surface area contributed by atoms with Gasteiger partial charge in [0.05, 0.1) is 4.90 Å². The Bertz CT molecular complexity index is 728. The molecule has 22 heavy (non-hydrogen) atoms. The zero-order chi connectivity index (χ0) is 16.3. The molecule has 0 spiro atoms. The van der Waals surface area contributed by atoms with Crippen molar-refractivity contribution in [3.63, 3.8) is 0 Å². The second kappa shape index (κ2) is 7.23. The number of likely N-dealkylation sites (N-methyl/N-ethyl adjacent to an activating group) is 1. The fourth-order valence-corrected chi connectivity index (χ4v) is 5.09. The van der Waals surface area contributed by atoms with Gasteiger partial charge >= 0.3 is 0 Å². The quantitative estimate of drug-likeness (QED) is 0.805. The zero-order valence-electron chi connectivity index (χ0n) is 12.7. The Morgan fingerprint density at radius 1 is 1.32 bits per heavy atom. The summed E-state index contributed by atoms with van der Waals surface area (Å²) < 4.78 is 28.3. The molecule has 0 saturated heterocycles. The molecular formula is C15H19BrN2O2S2. The number of aryl methyl sites for hydroxylation is 1. The minimum Gasteiger partial charge on any atom is -0.301 e. The molecule has 0 radical (unpaired) electrons. The van der Waals surface area contributed by atoms with E-state index in [0.29, 0.717) is 11.0 Å². The van der Waals surface area contributed by atoms with Crippen LogP contribution in [0.3, 0.4) is 0 Å². The molecule has 0 amide bonds. The average molecular weight is 403 g/mol. The highest BCUT2D eigenvalue weighted by molar-refractivity contribution is 9.10. The molecule has 2 aromatic rings. The number of benzene rings is 1. The van der Waals surface area contributed by atoms with Crippen LogP contribution < -0.4 is 4.72 Å². The van der Waals surface area contributed by atoms with Gasteiger partial charge in [-0.15, -0.1) is 0 Å². The third-order valence-corrected chi connectivity index (χ3v) is 6.50. The van der Waals surface area contributed by atoms with E-state index in [1.54, 1.807) is 29.5 Å². The summed E-state index contributed by atoms with van der Waals surface area (Å²) in [5.74, 6) is 0. The van der Waals surface area contributed by atoms with Crippen molar-refractivity contribution < 1.29 is 8.42 Å². The van der Waals surface area contributed by atoms with E-state index in [-0.39, 0.29) is 10.9 Å². The van der Waals surface area contributed by atoms with Crippen molar-refractivity contribution in [2.24, 2.45) is 0 Å². The maximum absolute atomic E-state index is 12.5. The van der Waals surface area contributed by atoms with Crippen LogP contribution in [-0.4, -0.2) is 34.0 Å². The predicted molar refractivity (Wildman–Crippen MR) is 94.8 cm³/mol. The van der Waals surface area contributed by atoms with Gasteiger partial charge in [-0.2, -0.15) is 11.3 Å². The lowest BCUT2D eigenvalue weighted by atomic mass is 10.1. The molecule has 0 bridgehead atoms. The molecule has 0 fully saturated rings. The Balaban J connectivity index is 2.18. The number of hydrogen-bond acceptors (Lipinski definition) is 4. The summed E-state index contributed by atoms with van der Waals surface area (Å²) in [6.45, 7) is 2.25. The predicted octanol–water partition coefficient (Wildman–Crippen LogP) is 3.40. The van der Waals surface area contributed by atoms with E-state index >= 15 is 0 Å². The van der Waals surface area contributed by atoms with Gasteiger partial charge < -0.3 is 4.90 Å². The van der Waals surface area contributed by atoms with Crippen LogP contribution in [0.25, 0.3) is 0 Å². The molecule has 0 saturated carbocycles.